The summed E-state index contributed by atoms with van der Waals surface area (Å²) in [6.45, 7) is 2.43. The first-order valence-corrected chi connectivity index (χ1v) is 8.21. The Hall–Kier alpha value is -1.53. The van der Waals surface area contributed by atoms with Gasteiger partial charge in [0.25, 0.3) is 5.91 Å². The lowest BCUT2D eigenvalue weighted by atomic mass is 10.2. The lowest BCUT2D eigenvalue weighted by molar-refractivity contribution is 0.102. The molecule has 2 aromatic rings. The molecule has 0 saturated carbocycles. The minimum Gasteiger partial charge on any atom is -0.493 e. The van der Waals surface area contributed by atoms with Crippen LogP contribution in [0.5, 0.6) is 11.5 Å². The van der Waals surface area contributed by atoms with Crippen molar-refractivity contribution in [2.75, 3.05) is 19.0 Å². The Labute approximate surface area is 146 Å². The number of nitrogens with one attached hydrogen (secondary N) is 1. The molecule has 0 atom stereocenters. The van der Waals surface area contributed by atoms with E-state index in [0.717, 1.165) is 8.95 Å². The van der Waals surface area contributed by atoms with Gasteiger partial charge >= 0.3 is 0 Å². The first-order valence-electron chi connectivity index (χ1n) is 6.62. The molecule has 0 spiro atoms. The third-order valence-electron chi connectivity index (χ3n) is 2.90. The van der Waals surface area contributed by atoms with E-state index in [1.165, 1.54) is 0 Å². The van der Waals surface area contributed by atoms with Gasteiger partial charge in [-0.1, -0.05) is 15.9 Å². The summed E-state index contributed by atoms with van der Waals surface area (Å²) in [4.78, 5) is 12.3. The van der Waals surface area contributed by atoms with E-state index in [1.54, 1.807) is 25.3 Å². The first-order chi connectivity index (χ1) is 10.5. The van der Waals surface area contributed by atoms with Crippen LogP contribution in [0.25, 0.3) is 0 Å². The van der Waals surface area contributed by atoms with Crippen LogP contribution in [0.15, 0.2) is 45.3 Å². The van der Waals surface area contributed by atoms with Crippen molar-refractivity contribution in [3.63, 3.8) is 0 Å². The van der Waals surface area contributed by atoms with Gasteiger partial charge in [-0.15, -0.1) is 0 Å². The van der Waals surface area contributed by atoms with Gasteiger partial charge in [-0.2, -0.15) is 0 Å². The predicted octanol–water partition coefficient (Wildman–Crippen LogP) is 4.87. The topological polar surface area (TPSA) is 47.6 Å². The minimum atomic E-state index is -0.218. The molecule has 0 radical (unpaired) electrons. The average Bonchev–Trinajstić information content (AvgIpc) is 2.50. The maximum Gasteiger partial charge on any atom is 0.255 e. The molecule has 0 unspecified atom stereocenters. The first kappa shape index (κ1) is 16.8. The number of halogens is 2. The molecule has 4 nitrogen and oxygen atoms in total. The Balaban J connectivity index is 2.22. The van der Waals surface area contributed by atoms with Crippen molar-refractivity contribution in [1.82, 2.24) is 0 Å². The fourth-order valence-corrected chi connectivity index (χ4v) is 3.02. The normalized spacial score (nSPS) is 10.2. The summed E-state index contributed by atoms with van der Waals surface area (Å²) in [7, 11) is 1.55. The molecule has 0 heterocycles. The number of rotatable bonds is 5. The molecule has 6 heteroatoms. The van der Waals surface area contributed by atoms with Gasteiger partial charge in [-0.3, -0.25) is 4.79 Å². The summed E-state index contributed by atoms with van der Waals surface area (Å²) < 4.78 is 12.4. The molecule has 0 bridgehead atoms. The Morgan fingerprint density at radius 2 is 1.91 bits per heavy atom. The highest BCUT2D eigenvalue weighted by atomic mass is 79.9. The van der Waals surface area contributed by atoms with Gasteiger partial charge in [0.15, 0.2) is 11.5 Å². The van der Waals surface area contributed by atoms with Crippen LogP contribution < -0.4 is 14.8 Å². The lowest BCUT2D eigenvalue weighted by Gasteiger charge is -2.12. The Morgan fingerprint density at radius 3 is 2.55 bits per heavy atom. The highest BCUT2D eigenvalue weighted by Crippen LogP contribution is 2.30. The number of hydrogen-bond donors (Lipinski definition) is 1. The van der Waals surface area contributed by atoms with E-state index in [9.17, 15) is 4.79 Å². The van der Waals surface area contributed by atoms with Crippen LogP contribution in [0.3, 0.4) is 0 Å². The zero-order chi connectivity index (χ0) is 16.1. The second-order valence-corrected chi connectivity index (χ2v) is 6.15. The van der Waals surface area contributed by atoms with Crippen LogP contribution in [0, 0.1) is 0 Å². The van der Waals surface area contributed by atoms with E-state index in [4.69, 9.17) is 9.47 Å². The van der Waals surface area contributed by atoms with Gasteiger partial charge in [-0.05, 0) is 59.3 Å². The molecule has 0 aliphatic rings. The Bertz CT molecular complexity index is 689. The molecule has 1 N–H and O–H groups in total. The summed E-state index contributed by atoms with van der Waals surface area (Å²) in [5.41, 5.74) is 1.19. The van der Waals surface area contributed by atoms with Gasteiger partial charge in [0, 0.05) is 14.5 Å². The lowest BCUT2D eigenvalue weighted by Crippen LogP contribution is -2.12. The maximum absolute atomic E-state index is 12.3. The molecular formula is C16H15Br2NO3. The van der Waals surface area contributed by atoms with E-state index in [-0.39, 0.29) is 5.91 Å². The van der Waals surface area contributed by atoms with Crippen molar-refractivity contribution in [3.8, 4) is 11.5 Å². The number of amides is 1. The maximum atomic E-state index is 12.3. The largest absolute Gasteiger partial charge is 0.493 e. The molecule has 1 amide bonds. The summed E-state index contributed by atoms with van der Waals surface area (Å²) in [6, 6.07) is 10.6. The van der Waals surface area contributed by atoms with Crippen LogP contribution in [0.4, 0.5) is 5.69 Å². The SMILES string of the molecule is CCOc1ccc(C(=O)Nc2ccc(Br)cc2Br)cc1OC. The molecule has 2 rings (SSSR count). The Kier molecular flexibility index (Phi) is 5.85. The standard InChI is InChI=1S/C16H15Br2NO3/c1-3-22-14-7-4-10(8-15(14)21-2)16(20)19-13-6-5-11(17)9-12(13)18/h4-9H,3H2,1-2H3,(H,19,20). The molecule has 0 aliphatic carbocycles. The van der Waals surface area contributed by atoms with E-state index >= 15 is 0 Å². The number of ether oxygens (including phenoxy) is 2. The van der Waals surface area contributed by atoms with Crippen molar-refractivity contribution >= 4 is 43.5 Å². The monoisotopic (exact) mass is 427 g/mol. The molecule has 116 valence electrons. The number of methoxy groups -OCH3 is 1. The number of anilines is 1. The fraction of sp³-hybridized carbons (Fsp3) is 0.188. The fourth-order valence-electron chi connectivity index (χ4n) is 1.87. The zero-order valence-corrected chi connectivity index (χ0v) is 15.3. The summed E-state index contributed by atoms with van der Waals surface area (Å²) in [6.07, 6.45) is 0. The van der Waals surface area contributed by atoms with Crippen LogP contribution in [0.1, 0.15) is 17.3 Å². The van der Waals surface area contributed by atoms with Crippen molar-refractivity contribution in [2.24, 2.45) is 0 Å². The zero-order valence-electron chi connectivity index (χ0n) is 12.2. The van der Waals surface area contributed by atoms with E-state index in [0.29, 0.717) is 29.4 Å². The number of carbonyl (C=O) groups excluding carboxylic acids is 1. The predicted molar refractivity (Wildman–Crippen MR) is 94.0 cm³/mol. The molecule has 0 saturated heterocycles. The van der Waals surface area contributed by atoms with Gasteiger partial charge in [0.2, 0.25) is 0 Å². The molecule has 0 aliphatic heterocycles. The Morgan fingerprint density at radius 1 is 1.14 bits per heavy atom. The van der Waals surface area contributed by atoms with Crippen molar-refractivity contribution in [2.45, 2.75) is 6.92 Å². The molecular weight excluding hydrogens is 414 g/mol. The highest BCUT2D eigenvalue weighted by molar-refractivity contribution is 9.11. The second-order valence-electron chi connectivity index (χ2n) is 4.38. The van der Waals surface area contributed by atoms with Crippen molar-refractivity contribution < 1.29 is 14.3 Å². The third kappa shape index (κ3) is 4.01. The van der Waals surface area contributed by atoms with Crippen LogP contribution >= 0.6 is 31.9 Å². The van der Waals surface area contributed by atoms with Gasteiger partial charge in [0.1, 0.15) is 0 Å². The number of carbonyl (C=O) groups is 1. The number of hydrogen-bond acceptors (Lipinski definition) is 3. The summed E-state index contributed by atoms with van der Waals surface area (Å²) in [5.74, 6) is 0.931. The van der Waals surface area contributed by atoms with E-state index < -0.39 is 0 Å². The van der Waals surface area contributed by atoms with E-state index in [1.807, 2.05) is 25.1 Å². The van der Waals surface area contributed by atoms with Crippen LogP contribution in [-0.2, 0) is 0 Å². The average molecular weight is 429 g/mol. The van der Waals surface area contributed by atoms with Crippen molar-refractivity contribution in [3.05, 3.63) is 50.9 Å². The van der Waals surface area contributed by atoms with Gasteiger partial charge in [0.05, 0.1) is 19.4 Å². The smallest absolute Gasteiger partial charge is 0.255 e. The number of benzene rings is 2. The van der Waals surface area contributed by atoms with Gasteiger partial charge in [-0.25, -0.2) is 0 Å². The van der Waals surface area contributed by atoms with Crippen molar-refractivity contribution in [1.29, 1.82) is 0 Å². The van der Waals surface area contributed by atoms with Gasteiger partial charge < -0.3 is 14.8 Å². The molecule has 22 heavy (non-hydrogen) atoms. The minimum absolute atomic E-state index is 0.218. The molecule has 0 fully saturated rings. The second kappa shape index (κ2) is 7.65. The third-order valence-corrected chi connectivity index (χ3v) is 4.05. The van der Waals surface area contributed by atoms with E-state index in [2.05, 4.69) is 37.2 Å². The van der Waals surface area contributed by atoms with Crippen LogP contribution in [-0.4, -0.2) is 19.6 Å². The quantitative estimate of drug-likeness (QED) is 0.738. The highest BCUT2D eigenvalue weighted by Gasteiger charge is 2.12. The summed E-state index contributed by atoms with van der Waals surface area (Å²) in [5, 5.41) is 2.85. The molecule has 2 aromatic carbocycles. The molecule has 0 aromatic heterocycles. The summed E-state index contributed by atoms with van der Waals surface area (Å²) >= 11 is 6.79. The van der Waals surface area contributed by atoms with Crippen LogP contribution in [0.2, 0.25) is 0 Å².